The van der Waals surface area contributed by atoms with Crippen LogP contribution in [-0.4, -0.2) is 50.9 Å². The molecule has 2 fully saturated rings. The van der Waals surface area contributed by atoms with Gasteiger partial charge in [-0.15, -0.1) is 0 Å². The molecule has 0 radical (unpaired) electrons. The van der Waals surface area contributed by atoms with Gasteiger partial charge in [-0.05, 0) is 36.1 Å². The Hall–Kier alpha value is -2.42. The Morgan fingerprint density at radius 1 is 1.21 bits per heavy atom. The highest BCUT2D eigenvalue weighted by Gasteiger charge is 2.30. The Morgan fingerprint density at radius 3 is 2.62 bits per heavy atom. The van der Waals surface area contributed by atoms with E-state index in [-0.39, 0.29) is 17.8 Å². The van der Waals surface area contributed by atoms with Crippen LogP contribution in [0.4, 0.5) is 0 Å². The topological polar surface area (TPSA) is 107 Å². The minimum Gasteiger partial charge on any atom is -0.616 e. The van der Waals surface area contributed by atoms with E-state index in [9.17, 15) is 9.35 Å². The Kier molecular flexibility index (Phi) is 6.13. The molecule has 1 aromatic carbocycles. The van der Waals surface area contributed by atoms with Crippen molar-refractivity contribution in [3.05, 3.63) is 53.5 Å². The molecule has 0 atom stereocenters. The zero-order chi connectivity index (χ0) is 20.2. The molecular formula is C21H25N5O2S. The van der Waals surface area contributed by atoms with Gasteiger partial charge in [0.2, 0.25) is 11.9 Å². The van der Waals surface area contributed by atoms with Crippen LogP contribution < -0.4 is 10.8 Å². The molecule has 0 unspecified atom stereocenters. The SMILES string of the molecule is N=C(/N=c1/cccc(-c2ccc(CN3CC[S+]([O-])CC3)cc2)[nH]1)NC(=O)C1CC1. The molecule has 1 aliphatic carbocycles. The Morgan fingerprint density at radius 2 is 1.93 bits per heavy atom. The number of H-pyrrole nitrogens is 1. The average molecular weight is 412 g/mol. The van der Waals surface area contributed by atoms with Gasteiger partial charge < -0.3 is 9.54 Å². The molecule has 0 spiro atoms. The van der Waals surface area contributed by atoms with Crippen molar-refractivity contribution < 1.29 is 9.35 Å². The summed E-state index contributed by atoms with van der Waals surface area (Å²) in [6, 6.07) is 14.0. The average Bonchev–Trinajstić information content (AvgIpc) is 3.56. The molecule has 0 bridgehead atoms. The van der Waals surface area contributed by atoms with Crippen molar-refractivity contribution in [2.24, 2.45) is 10.9 Å². The fourth-order valence-corrected chi connectivity index (χ4v) is 4.41. The van der Waals surface area contributed by atoms with Gasteiger partial charge in [0, 0.05) is 31.2 Å². The molecule has 8 heteroatoms. The molecule has 2 aromatic rings. The van der Waals surface area contributed by atoms with E-state index < -0.39 is 11.2 Å². The number of nitrogens with zero attached hydrogens (tertiary/aromatic N) is 2. The summed E-state index contributed by atoms with van der Waals surface area (Å²) in [5.74, 6) is 1.31. The van der Waals surface area contributed by atoms with Crippen LogP contribution in [-0.2, 0) is 22.5 Å². The van der Waals surface area contributed by atoms with Crippen molar-refractivity contribution in [1.82, 2.24) is 15.2 Å². The summed E-state index contributed by atoms with van der Waals surface area (Å²) in [4.78, 5) is 21.5. The van der Waals surface area contributed by atoms with Crippen LogP contribution in [0.3, 0.4) is 0 Å². The largest absolute Gasteiger partial charge is 0.616 e. The van der Waals surface area contributed by atoms with Gasteiger partial charge >= 0.3 is 0 Å². The van der Waals surface area contributed by atoms with E-state index in [0.29, 0.717) is 5.49 Å². The Bertz CT molecular complexity index is 944. The molecule has 152 valence electrons. The first-order valence-corrected chi connectivity index (χ1v) is 11.4. The lowest BCUT2D eigenvalue weighted by Gasteiger charge is -2.28. The molecule has 1 aromatic heterocycles. The first-order valence-electron chi connectivity index (χ1n) is 9.87. The van der Waals surface area contributed by atoms with Crippen LogP contribution in [0, 0.1) is 11.3 Å². The molecule has 2 aliphatic rings. The van der Waals surface area contributed by atoms with E-state index in [0.717, 1.165) is 55.2 Å². The number of guanidine groups is 1. The number of rotatable bonds is 4. The maximum Gasteiger partial charge on any atom is 0.229 e. The first-order chi connectivity index (χ1) is 14.1. The molecule has 29 heavy (non-hydrogen) atoms. The van der Waals surface area contributed by atoms with Crippen molar-refractivity contribution in [2.45, 2.75) is 19.4 Å². The zero-order valence-corrected chi connectivity index (χ0v) is 17.0. The number of aromatic nitrogens is 1. The van der Waals surface area contributed by atoms with E-state index >= 15 is 0 Å². The van der Waals surface area contributed by atoms with E-state index in [1.54, 1.807) is 6.07 Å². The zero-order valence-electron chi connectivity index (χ0n) is 16.2. The van der Waals surface area contributed by atoms with Crippen molar-refractivity contribution in [2.75, 3.05) is 24.6 Å². The lowest BCUT2D eigenvalue weighted by Crippen LogP contribution is -2.39. The third-order valence-corrected chi connectivity index (χ3v) is 6.42. The highest BCUT2D eigenvalue weighted by atomic mass is 32.2. The van der Waals surface area contributed by atoms with Gasteiger partial charge in [-0.25, -0.2) is 0 Å². The van der Waals surface area contributed by atoms with E-state index in [1.807, 2.05) is 12.1 Å². The second-order valence-electron chi connectivity index (χ2n) is 7.49. The predicted octanol–water partition coefficient (Wildman–Crippen LogP) is 1.61. The quantitative estimate of drug-likeness (QED) is 0.404. The molecule has 1 aliphatic heterocycles. The third kappa shape index (κ3) is 5.56. The molecule has 2 heterocycles. The van der Waals surface area contributed by atoms with Crippen LogP contribution in [0.15, 0.2) is 47.5 Å². The van der Waals surface area contributed by atoms with Crippen LogP contribution in [0.1, 0.15) is 18.4 Å². The van der Waals surface area contributed by atoms with Crippen LogP contribution >= 0.6 is 0 Å². The number of pyridine rings is 1. The summed E-state index contributed by atoms with van der Waals surface area (Å²) in [5, 5.41) is 10.4. The first kappa shape index (κ1) is 19.9. The molecule has 1 saturated carbocycles. The number of hydrogen-bond acceptors (Lipinski definition) is 4. The molecule has 7 nitrogen and oxygen atoms in total. The minimum atomic E-state index is -0.650. The maximum atomic E-state index is 11.7. The summed E-state index contributed by atoms with van der Waals surface area (Å²) in [5.41, 5.74) is 3.67. The summed E-state index contributed by atoms with van der Waals surface area (Å²) >= 11 is -0.650. The predicted molar refractivity (Wildman–Crippen MR) is 114 cm³/mol. The van der Waals surface area contributed by atoms with Crippen LogP contribution in [0.2, 0.25) is 0 Å². The third-order valence-electron chi connectivity index (χ3n) is 5.14. The van der Waals surface area contributed by atoms with E-state index in [4.69, 9.17) is 5.41 Å². The molecule has 4 rings (SSSR count). The van der Waals surface area contributed by atoms with Crippen molar-refractivity contribution in [3.63, 3.8) is 0 Å². The number of amides is 1. The number of carbonyl (C=O) groups is 1. The number of benzene rings is 1. The van der Waals surface area contributed by atoms with E-state index in [2.05, 4.69) is 44.5 Å². The standard InChI is InChI=1S/C21H25N5O2S/c22-21(25-20(27)17-8-9-17)24-19-3-1-2-18(23-19)16-6-4-15(5-7-16)14-26-10-12-29(28)13-11-26/h1-7,17H,8-14H2,(H3,22,23,24,25,27). The lowest BCUT2D eigenvalue weighted by molar-refractivity contribution is -0.120. The molecule has 3 N–H and O–H groups in total. The monoisotopic (exact) mass is 411 g/mol. The van der Waals surface area contributed by atoms with Gasteiger partial charge in [0.1, 0.15) is 17.0 Å². The number of hydrogen-bond donors (Lipinski definition) is 3. The lowest BCUT2D eigenvalue weighted by atomic mass is 10.1. The molecule has 1 amide bonds. The smallest absolute Gasteiger partial charge is 0.229 e. The molecular weight excluding hydrogens is 386 g/mol. The van der Waals surface area contributed by atoms with Gasteiger partial charge in [0.05, 0.1) is 0 Å². The van der Waals surface area contributed by atoms with Crippen molar-refractivity contribution >= 4 is 23.0 Å². The second kappa shape index (κ2) is 8.94. The van der Waals surface area contributed by atoms with Gasteiger partial charge in [0.25, 0.3) is 0 Å². The fourth-order valence-electron chi connectivity index (χ4n) is 3.28. The summed E-state index contributed by atoms with van der Waals surface area (Å²) in [6.45, 7) is 2.64. The van der Waals surface area contributed by atoms with Crippen molar-refractivity contribution in [3.8, 4) is 11.3 Å². The normalized spacial score (nSPS) is 18.6. The van der Waals surface area contributed by atoms with E-state index in [1.165, 1.54) is 5.56 Å². The van der Waals surface area contributed by atoms with Gasteiger partial charge in [-0.1, -0.05) is 41.5 Å². The highest BCUT2D eigenvalue weighted by molar-refractivity contribution is 7.91. The van der Waals surface area contributed by atoms with Crippen LogP contribution in [0.25, 0.3) is 11.3 Å². The summed E-state index contributed by atoms with van der Waals surface area (Å²) in [6.07, 6.45) is 1.79. The van der Waals surface area contributed by atoms with Gasteiger partial charge in [-0.3, -0.25) is 20.4 Å². The van der Waals surface area contributed by atoms with Gasteiger partial charge in [-0.2, -0.15) is 4.99 Å². The summed E-state index contributed by atoms with van der Waals surface area (Å²) < 4.78 is 11.5. The number of carbonyl (C=O) groups excluding carboxylic acids is 1. The second-order valence-corrected chi connectivity index (χ2v) is 9.19. The fraction of sp³-hybridized carbons (Fsp3) is 0.381. The van der Waals surface area contributed by atoms with Crippen LogP contribution in [0.5, 0.6) is 0 Å². The van der Waals surface area contributed by atoms with Crippen molar-refractivity contribution in [1.29, 1.82) is 5.41 Å². The molecule has 1 saturated heterocycles. The number of nitrogens with one attached hydrogen (secondary N) is 3. The Labute approximate surface area is 172 Å². The highest BCUT2D eigenvalue weighted by Crippen LogP contribution is 2.28. The number of aromatic amines is 1. The minimum absolute atomic E-state index is 0.0477. The summed E-state index contributed by atoms with van der Waals surface area (Å²) in [7, 11) is 0. The van der Waals surface area contributed by atoms with Gasteiger partial charge in [0.15, 0.2) is 0 Å². The Balaban J connectivity index is 1.41. The maximum absolute atomic E-state index is 11.7.